The van der Waals surface area contributed by atoms with Crippen LogP contribution in [-0.4, -0.2) is 22.7 Å². The molecule has 0 amide bonds. The highest BCUT2D eigenvalue weighted by Crippen LogP contribution is 2.02. The van der Waals surface area contributed by atoms with Gasteiger partial charge < -0.3 is 15.0 Å². The molecule has 0 radical (unpaired) electrons. The fourth-order valence-electron chi connectivity index (χ4n) is 0.627. The van der Waals surface area contributed by atoms with Crippen LogP contribution < -0.4 is 10.5 Å². The molecule has 10 heavy (non-hydrogen) atoms. The predicted molar refractivity (Wildman–Crippen MR) is 37.8 cm³/mol. The van der Waals surface area contributed by atoms with E-state index in [4.69, 9.17) is 10.5 Å². The van der Waals surface area contributed by atoms with Crippen LogP contribution in [0.25, 0.3) is 0 Å². The van der Waals surface area contributed by atoms with Crippen LogP contribution in [0.2, 0.25) is 0 Å². The number of ether oxygens (including phenoxy) is 1. The van der Waals surface area contributed by atoms with E-state index < -0.39 is 0 Å². The van der Waals surface area contributed by atoms with E-state index in [1.54, 1.807) is 12.5 Å². The van der Waals surface area contributed by atoms with Crippen LogP contribution >= 0.6 is 0 Å². The molecule has 0 aliphatic rings. The van der Waals surface area contributed by atoms with E-state index in [1.165, 1.54) is 0 Å². The highest BCUT2D eigenvalue weighted by atomic mass is 16.5. The molecule has 4 heteroatoms. The number of hydrogen-bond donors (Lipinski definition) is 1. The lowest BCUT2D eigenvalue weighted by molar-refractivity contribution is 0.317. The molecule has 4 nitrogen and oxygen atoms in total. The minimum Gasteiger partial charge on any atom is -0.475 e. The van der Waals surface area contributed by atoms with Crippen molar-refractivity contribution in [2.24, 2.45) is 12.8 Å². The molecule has 1 rings (SSSR count). The van der Waals surface area contributed by atoms with Crippen molar-refractivity contribution in [1.82, 2.24) is 9.55 Å². The Hall–Kier alpha value is -1.03. The number of nitrogens with zero attached hydrogens (tertiary/aromatic N) is 2. The Morgan fingerprint density at radius 2 is 2.60 bits per heavy atom. The lowest BCUT2D eigenvalue weighted by atomic mass is 10.7. The van der Waals surface area contributed by atoms with Gasteiger partial charge in [0.2, 0.25) is 5.88 Å². The Labute approximate surface area is 59.6 Å². The quantitative estimate of drug-likeness (QED) is 0.632. The third-order valence-electron chi connectivity index (χ3n) is 1.05. The van der Waals surface area contributed by atoms with Crippen LogP contribution in [0.15, 0.2) is 12.5 Å². The number of aromatic nitrogens is 2. The smallest absolute Gasteiger partial charge is 0.231 e. The van der Waals surface area contributed by atoms with Crippen molar-refractivity contribution in [2.45, 2.75) is 0 Å². The Morgan fingerprint density at radius 1 is 1.80 bits per heavy atom. The van der Waals surface area contributed by atoms with Gasteiger partial charge in [0.05, 0.1) is 12.5 Å². The first kappa shape index (κ1) is 7.08. The maximum atomic E-state index is 5.22. The molecule has 0 spiro atoms. The normalized spacial score (nSPS) is 9.80. The molecular weight excluding hydrogens is 130 g/mol. The van der Waals surface area contributed by atoms with Crippen LogP contribution in [0, 0.1) is 0 Å². The predicted octanol–water partition coefficient (Wildman–Crippen LogP) is -0.242. The monoisotopic (exact) mass is 141 g/mol. The second kappa shape index (κ2) is 3.22. The highest BCUT2D eigenvalue weighted by Gasteiger charge is 1.93. The molecule has 0 fully saturated rings. The summed E-state index contributed by atoms with van der Waals surface area (Å²) in [6.45, 7) is 1.05. The topological polar surface area (TPSA) is 53.1 Å². The van der Waals surface area contributed by atoms with Crippen LogP contribution in [0.4, 0.5) is 0 Å². The Bertz CT molecular complexity index is 197. The van der Waals surface area contributed by atoms with E-state index >= 15 is 0 Å². The summed E-state index contributed by atoms with van der Waals surface area (Å²) in [6, 6.07) is 0. The summed E-state index contributed by atoms with van der Waals surface area (Å²) in [5, 5.41) is 0. The van der Waals surface area contributed by atoms with Gasteiger partial charge in [-0.05, 0) is 0 Å². The molecule has 0 bridgehead atoms. The number of imidazole rings is 1. The van der Waals surface area contributed by atoms with Crippen molar-refractivity contribution in [3.8, 4) is 5.88 Å². The Morgan fingerprint density at radius 3 is 3.10 bits per heavy atom. The first-order chi connectivity index (χ1) is 4.83. The molecular formula is C6H11N3O. The average Bonchev–Trinajstić information content (AvgIpc) is 2.31. The fraction of sp³-hybridized carbons (Fsp3) is 0.500. The van der Waals surface area contributed by atoms with Crippen molar-refractivity contribution in [1.29, 1.82) is 0 Å². The summed E-state index contributed by atoms with van der Waals surface area (Å²) in [7, 11) is 1.89. The average molecular weight is 141 g/mol. The van der Waals surface area contributed by atoms with Gasteiger partial charge in [0.1, 0.15) is 6.61 Å². The van der Waals surface area contributed by atoms with E-state index in [2.05, 4.69) is 4.98 Å². The molecule has 0 aliphatic carbocycles. The largest absolute Gasteiger partial charge is 0.475 e. The van der Waals surface area contributed by atoms with Gasteiger partial charge >= 0.3 is 0 Å². The first-order valence-corrected chi connectivity index (χ1v) is 3.14. The summed E-state index contributed by atoms with van der Waals surface area (Å²) >= 11 is 0. The molecule has 56 valence electrons. The minimum atomic E-state index is 0.524. The molecule has 0 aromatic carbocycles. The zero-order valence-electron chi connectivity index (χ0n) is 5.95. The van der Waals surface area contributed by atoms with Crippen molar-refractivity contribution < 1.29 is 4.74 Å². The zero-order valence-corrected chi connectivity index (χ0v) is 5.95. The molecule has 1 heterocycles. The van der Waals surface area contributed by atoms with Gasteiger partial charge in [0.25, 0.3) is 0 Å². The number of aryl methyl sites for hydroxylation is 1. The van der Waals surface area contributed by atoms with Gasteiger partial charge in [-0.25, -0.2) is 4.98 Å². The van der Waals surface area contributed by atoms with Crippen molar-refractivity contribution in [3.05, 3.63) is 12.5 Å². The summed E-state index contributed by atoms with van der Waals surface area (Å²) in [5.41, 5.74) is 5.22. The SMILES string of the molecule is Cn1cnc(OCCN)c1. The number of nitrogens with two attached hydrogens (primary N) is 1. The van der Waals surface area contributed by atoms with E-state index in [0.717, 1.165) is 0 Å². The summed E-state index contributed by atoms with van der Waals surface area (Å²) < 4.78 is 6.94. The summed E-state index contributed by atoms with van der Waals surface area (Å²) in [4.78, 5) is 3.94. The minimum absolute atomic E-state index is 0.524. The molecule has 0 saturated heterocycles. The fourth-order valence-corrected chi connectivity index (χ4v) is 0.627. The highest BCUT2D eigenvalue weighted by molar-refractivity contribution is 5.02. The molecule has 1 aromatic heterocycles. The molecule has 0 atom stereocenters. The molecule has 1 aromatic rings. The van der Waals surface area contributed by atoms with Crippen LogP contribution in [0.3, 0.4) is 0 Å². The third-order valence-corrected chi connectivity index (χ3v) is 1.05. The second-order valence-corrected chi connectivity index (χ2v) is 2.01. The van der Waals surface area contributed by atoms with Gasteiger partial charge in [-0.3, -0.25) is 0 Å². The maximum absolute atomic E-state index is 5.22. The van der Waals surface area contributed by atoms with E-state index in [9.17, 15) is 0 Å². The molecule has 0 saturated carbocycles. The van der Waals surface area contributed by atoms with Crippen molar-refractivity contribution in [2.75, 3.05) is 13.2 Å². The van der Waals surface area contributed by atoms with Gasteiger partial charge in [-0.1, -0.05) is 0 Å². The molecule has 0 aliphatic heterocycles. The van der Waals surface area contributed by atoms with Crippen LogP contribution in [0.5, 0.6) is 5.88 Å². The van der Waals surface area contributed by atoms with Gasteiger partial charge in [-0.2, -0.15) is 0 Å². The Kier molecular flexibility index (Phi) is 2.28. The lowest BCUT2D eigenvalue weighted by Gasteiger charge is -1.96. The number of hydrogen-bond acceptors (Lipinski definition) is 3. The van der Waals surface area contributed by atoms with Crippen molar-refractivity contribution >= 4 is 0 Å². The number of rotatable bonds is 3. The van der Waals surface area contributed by atoms with Gasteiger partial charge in [0, 0.05) is 13.6 Å². The Balaban J connectivity index is 2.42. The summed E-state index contributed by atoms with van der Waals surface area (Å²) in [5.74, 6) is 0.632. The van der Waals surface area contributed by atoms with Gasteiger partial charge in [-0.15, -0.1) is 0 Å². The van der Waals surface area contributed by atoms with E-state index in [-0.39, 0.29) is 0 Å². The maximum Gasteiger partial charge on any atom is 0.231 e. The standard InChI is InChI=1S/C6H11N3O/c1-9-4-6(8-5-9)10-3-2-7/h4-5H,2-3,7H2,1H3. The van der Waals surface area contributed by atoms with Crippen molar-refractivity contribution in [3.63, 3.8) is 0 Å². The van der Waals surface area contributed by atoms with E-state index in [1.807, 2.05) is 11.6 Å². The summed E-state index contributed by atoms with van der Waals surface area (Å²) in [6.07, 6.45) is 3.49. The lowest BCUT2D eigenvalue weighted by Crippen LogP contribution is -2.10. The van der Waals surface area contributed by atoms with E-state index in [0.29, 0.717) is 19.0 Å². The zero-order chi connectivity index (χ0) is 7.40. The first-order valence-electron chi connectivity index (χ1n) is 3.14. The second-order valence-electron chi connectivity index (χ2n) is 2.01. The van der Waals surface area contributed by atoms with Crippen LogP contribution in [0.1, 0.15) is 0 Å². The van der Waals surface area contributed by atoms with Crippen LogP contribution in [-0.2, 0) is 7.05 Å². The molecule has 0 unspecified atom stereocenters. The van der Waals surface area contributed by atoms with Gasteiger partial charge in [0.15, 0.2) is 0 Å². The molecule has 2 N–H and O–H groups in total. The third kappa shape index (κ3) is 1.73.